The van der Waals surface area contributed by atoms with E-state index < -0.39 is 0 Å². The molecule has 1 aromatic carbocycles. The van der Waals surface area contributed by atoms with E-state index in [1.54, 1.807) is 25.3 Å². The van der Waals surface area contributed by atoms with Gasteiger partial charge in [0.05, 0.1) is 24.1 Å². The van der Waals surface area contributed by atoms with E-state index in [-0.39, 0.29) is 5.91 Å². The molecular weight excluding hydrogens is 320 g/mol. The highest BCUT2D eigenvalue weighted by Gasteiger charge is 2.10. The van der Waals surface area contributed by atoms with E-state index in [1.807, 2.05) is 31.2 Å². The van der Waals surface area contributed by atoms with Crippen molar-refractivity contribution < 1.29 is 14.1 Å². The molecule has 128 valence electrons. The first kappa shape index (κ1) is 16.5. The Morgan fingerprint density at radius 2 is 1.96 bits per heavy atom. The molecule has 0 fully saturated rings. The number of pyridine rings is 1. The number of aromatic nitrogens is 2. The van der Waals surface area contributed by atoms with Gasteiger partial charge >= 0.3 is 0 Å². The monoisotopic (exact) mass is 338 g/mol. The maximum atomic E-state index is 12.3. The molecule has 0 spiro atoms. The normalized spacial score (nSPS) is 10.3. The number of anilines is 3. The lowest BCUT2D eigenvalue weighted by atomic mass is 10.2. The van der Waals surface area contributed by atoms with Crippen LogP contribution in [0.15, 0.2) is 53.3 Å². The Labute approximate surface area is 145 Å². The Morgan fingerprint density at radius 1 is 1.16 bits per heavy atom. The van der Waals surface area contributed by atoms with Crippen LogP contribution in [0.5, 0.6) is 5.75 Å². The number of ether oxygens (including phenoxy) is 1. The number of carbonyl (C=O) groups excluding carboxylic acids is 1. The van der Waals surface area contributed by atoms with Crippen LogP contribution < -0.4 is 15.4 Å². The molecule has 0 saturated heterocycles. The molecule has 2 N–H and O–H groups in total. The van der Waals surface area contributed by atoms with E-state index in [0.29, 0.717) is 29.4 Å². The summed E-state index contributed by atoms with van der Waals surface area (Å²) in [6.45, 7) is 4.32. The van der Waals surface area contributed by atoms with Gasteiger partial charge in [-0.1, -0.05) is 5.16 Å². The molecule has 2 aromatic heterocycles. The van der Waals surface area contributed by atoms with Gasteiger partial charge in [0.1, 0.15) is 11.5 Å². The summed E-state index contributed by atoms with van der Waals surface area (Å²) in [5.74, 6) is 1.49. The maximum Gasteiger partial charge on any atom is 0.258 e. The van der Waals surface area contributed by atoms with Crippen LogP contribution in [0.25, 0.3) is 0 Å². The Hall–Kier alpha value is -3.35. The molecule has 2 heterocycles. The highest BCUT2D eigenvalue weighted by atomic mass is 16.5. The average Bonchev–Trinajstić information content (AvgIpc) is 3.02. The van der Waals surface area contributed by atoms with E-state index in [4.69, 9.17) is 9.26 Å². The highest BCUT2D eigenvalue weighted by molar-refractivity contribution is 6.04. The number of amides is 1. The summed E-state index contributed by atoms with van der Waals surface area (Å²) in [4.78, 5) is 16.4. The molecular formula is C18H18N4O3. The van der Waals surface area contributed by atoms with Crippen molar-refractivity contribution in [3.05, 3.63) is 60.1 Å². The van der Waals surface area contributed by atoms with Gasteiger partial charge in [0, 0.05) is 18.0 Å². The van der Waals surface area contributed by atoms with Crippen molar-refractivity contribution in [3.63, 3.8) is 0 Å². The highest BCUT2D eigenvalue weighted by Crippen LogP contribution is 2.20. The van der Waals surface area contributed by atoms with Gasteiger partial charge in [-0.2, -0.15) is 0 Å². The van der Waals surface area contributed by atoms with Gasteiger partial charge in [-0.25, -0.2) is 0 Å². The second kappa shape index (κ2) is 7.48. The lowest BCUT2D eigenvalue weighted by Gasteiger charge is -2.09. The van der Waals surface area contributed by atoms with Gasteiger partial charge in [-0.3, -0.25) is 9.78 Å². The fourth-order valence-corrected chi connectivity index (χ4v) is 2.21. The lowest BCUT2D eigenvalue weighted by molar-refractivity contribution is 0.102. The summed E-state index contributed by atoms with van der Waals surface area (Å²) in [6.07, 6.45) is 3.14. The van der Waals surface area contributed by atoms with Gasteiger partial charge < -0.3 is 19.9 Å². The Morgan fingerprint density at radius 3 is 2.64 bits per heavy atom. The number of benzene rings is 1. The van der Waals surface area contributed by atoms with Crippen molar-refractivity contribution in [3.8, 4) is 5.75 Å². The smallest absolute Gasteiger partial charge is 0.258 e. The van der Waals surface area contributed by atoms with Gasteiger partial charge in [0.2, 0.25) is 0 Å². The molecule has 7 heteroatoms. The SMILES string of the molecule is CCOc1ccc(Nc2cncc(C(=O)Nc3cc(C)on3)c2)cc1. The number of aryl methyl sites for hydroxylation is 1. The lowest BCUT2D eigenvalue weighted by Crippen LogP contribution is -2.12. The van der Waals surface area contributed by atoms with E-state index in [1.165, 1.54) is 6.20 Å². The van der Waals surface area contributed by atoms with Crippen LogP contribution in [0, 0.1) is 6.92 Å². The van der Waals surface area contributed by atoms with Gasteiger partial charge in [0.25, 0.3) is 5.91 Å². The van der Waals surface area contributed by atoms with Crippen molar-refractivity contribution >= 4 is 23.1 Å². The van der Waals surface area contributed by atoms with Crippen LogP contribution in [0.2, 0.25) is 0 Å². The molecule has 0 aliphatic carbocycles. The zero-order valence-electron chi connectivity index (χ0n) is 13.9. The quantitative estimate of drug-likeness (QED) is 0.711. The van der Waals surface area contributed by atoms with Crippen LogP contribution in [0.1, 0.15) is 23.0 Å². The zero-order valence-corrected chi connectivity index (χ0v) is 13.9. The summed E-state index contributed by atoms with van der Waals surface area (Å²) >= 11 is 0. The predicted molar refractivity (Wildman–Crippen MR) is 94.3 cm³/mol. The fourth-order valence-electron chi connectivity index (χ4n) is 2.21. The topological polar surface area (TPSA) is 89.3 Å². The van der Waals surface area contributed by atoms with E-state index in [2.05, 4.69) is 20.8 Å². The van der Waals surface area contributed by atoms with Crippen molar-refractivity contribution in [2.75, 3.05) is 17.2 Å². The molecule has 3 aromatic rings. The minimum absolute atomic E-state index is 0.309. The maximum absolute atomic E-state index is 12.3. The van der Waals surface area contributed by atoms with Crippen LogP contribution in [0.4, 0.5) is 17.2 Å². The third kappa shape index (κ3) is 4.35. The predicted octanol–water partition coefficient (Wildman–Crippen LogP) is 3.77. The average molecular weight is 338 g/mol. The van der Waals surface area contributed by atoms with Gasteiger partial charge in [-0.15, -0.1) is 0 Å². The van der Waals surface area contributed by atoms with Crippen LogP contribution in [0.3, 0.4) is 0 Å². The fraction of sp³-hybridized carbons (Fsp3) is 0.167. The Kier molecular flexibility index (Phi) is 4.94. The molecule has 7 nitrogen and oxygen atoms in total. The van der Waals surface area contributed by atoms with Crippen LogP contribution in [-0.2, 0) is 0 Å². The molecule has 0 aliphatic heterocycles. The number of hydrogen-bond acceptors (Lipinski definition) is 6. The number of nitrogens with zero attached hydrogens (tertiary/aromatic N) is 2. The summed E-state index contributed by atoms with van der Waals surface area (Å²) in [5, 5.41) is 9.61. The summed E-state index contributed by atoms with van der Waals surface area (Å²) in [5.41, 5.74) is 1.99. The van der Waals surface area contributed by atoms with Crippen LogP contribution >= 0.6 is 0 Å². The molecule has 1 amide bonds. The van der Waals surface area contributed by atoms with Crippen molar-refractivity contribution in [1.82, 2.24) is 10.1 Å². The molecule has 0 unspecified atom stereocenters. The third-order valence-electron chi connectivity index (χ3n) is 3.32. The number of hydrogen-bond donors (Lipinski definition) is 2. The number of nitrogens with one attached hydrogen (secondary N) is 2. The first-order chi connectivity index (χ1) is 12.1. The molecule has 0 bridgehead atoms. The Balaban J connectivity index is 1.69. The summed E-state index contributed by atoms with van der Waals surface area (Å²) < 4.78 is 10.3. The van der Waals surface area contributed by atoms with E-state index in [9.17, 15) is 4.79 Å². The molecule has 0 saturated carbocycles. The molecule has 0 atom stereocenters. The largest absolute Gasteiger partial charge is 0.494 e. The van der Waals surface area contributed by atoms with Crippen molar-refractivity contribution in [1.29, 1.82) is 0 Å². The minimum atomic E-state index is -0.309. The van der Waals surface area contributed by atoms with Gasteiger partial charge in [0.15, 0.2) is 5.82 Å². The Bertz CT molecular complexity index is 859. The number of carbonyl (C=O) groups is 1. The zero-order chi connectivity index (χ0) is 17.6. The molecule has 0 aliphatic rings. The van der Waals surface area contributed by atoms with Crippen molar-refractivity contribution in [2.24, 2.45) is 0 Å². The molecule has 0 radical (unpaired) electrons. The van der Waals surface area contributed by atoms with Crippen molar-refractivity contribution in [2.45, 2.75) is 13.8 Å². The summed E-state index contributed by atoms with van der Waals surface area (Å²) in [6, 6.07) is 10.9. The second-order valence-corrected chi connectivity index (χ2v) is 5.32. The molecule has 3 rings (SSSR count). The first-order valence-corrected chi connectivity index (χ1v) is 7.83. The molecule has 25 heavy (non-hydrogen) atoms. The first-order valence-electron chi connectivity index (χ1n) is 7.83. The van der Waals surface area contributed by atoms with Crippen LogP contribution in [-0.4, -0.2) is 22.7 Å². The van der Waals surface area contributed by atoms with E-state index >= 15 is 0 Å². The standard InChI is InChI=1S/C18H18N4O3/c1-3-24-16-6-4-14(5-7-16)20-15-9-13(10-19-11-15)18(23)21-17-8-12(2)25-22-17/h4-11,20H,3H2,1-2H3,(H,21,22,23). The summed E-state index contributed by atoms with van der Waals surface area (Å²) in [7, 11) is 0. The minimum Gasteiger partial charge on any atom is -0.494 e. The number of rotatable bonds is 6. The third-order valence-corrected chi connectivity index (χ3v) is 3.32. The van der Waals surface area contributed by atoms with Gasteiger partial charge in [-0.05, 0) is 44.2 Å². The second-order valence-electron chi connectivity index (χ2n) is 5.32. The van der Waals surface area contributed by atoms with E-state index in [0.717, 1.165) is 11.4 Å².